The second-order valence-electron chi connectivity index (χ2n) is 7.51. The van der Waals surface area contributed by atoms with Gasteiger partial charge in [-0.05, 0) is 36.8 Å². The van der Waals surface area contributed by atoms with Gasteiger partial charge in [-0.25, -0.2) is 9.78 Å². The molecule has 1 atom stereocenters. The van der Waals surface area contributed by atoms with E-state index in [0.717, 1.165) is 25.7 Å². The third kappa shape index (κ3) is 4.71. The van der Waals surface area contributed by atoms with E-state index in [1.165, 1.54) is 6.20 Å². The van der Waals surface area contributed by atoms with E-state index in [9.17, 15) is 14.9 Å². The Hall–Kier alpha value is -3.41. The van der Waals surface area contributed by atoms with Gasteiger partial charge < -0.3 is 15.7 Å². The zero-order valence-electron chi connectivity index (χ0n) is 16.4. The molecule has 1 aliphatic rings. The van der Waals surface area contributed by atoms with Gasteiger partial charge in [-0.1, -0.05) is 19.8 Å². The van der Waals surface area contributed by atoms with Crippen molar-refractivity contribution in [3.63, 3.8) is 0 Å². The highest BCUT2D eigenvalue weighted by Crippen LogP contribution is 2.31. The van der Waals surface area contributed by atoms with E-state index >= 15 is 0 Å². The summed E-state index contributed by atoms with van der Waals surface area (Å²) >= 11 is 0. The van der Waals surface area contributed by atoms with Crippen LogP contribution in [0.5, 0.6) is 0 Å². The highest BCUT2D eigenvalue weighted by Gasteiger charge is 2.32. The molecule has 0 unspecified atom stereocenters. The van der Waals surface area contributed by atoms with E-state index in [2.05, 4.69) is 33.7 Å². The number of rotatable bonds is 5. The largest absolute Gasteiger partial charge is 0.465 e. The minimum Gasteiger partial charge on any atom is -0.465 e. The minimum atomic E-state index is -1.22. The van der Waals surface area contributed by atoms with Crippen LogP contribution in [0.2, 0.25) is 0 Å². The summed E-state index contributed by atoms with van der Waals surface area (Å²) in [6.07, 6.45) is 5.40. The molecule has 1 saturated carbocycles. The van der Waals surface area contributed by atoms with Crippen molar-refractivity contribution in [2.75, 3.05) is 5.32 Å². The Morgan fingerprint density at radius 2 is 2.00 bits per heavy atom. The molecule has 2 aromatic rings. The molecule has 0 saturated heterocycles. The summed E-state index contributed by atoms with van der Waals surface area (Å²) in [4.78, 5) is 28.2. The molecule has 1 fully saturated rings. The van der Waals surface area contributed by atoms with Crippen LogP contribution in [-0.4, -0.2) is 37.9 Å². The van der Waals surface area contributed by atoms with Crippen LogP contribution in [0.1, 0.15) is 38.2 Å². The predicted molar refractivity (Wildman–Crippen MR) is 106 cm³/mol. The van der Waals surface area contributed by atoms with E-state index in [0.29, 0.717) is 28.6 Å². The average molecular weight is 396 g/mol. The lowest BCUT2D eigenvalue weighted by molar-refractivity contribution is -0.119. The molecule has 3 N–H and O–H groups in total. The lowest BCUT2D eigenvalue weighted by Crippen LogP contribution is -2.49. The number of carbonyl (C=O) groups excluding carboxylic acids is 1. The van der Waals surface area contributed by atoms with Gasteiger partial charge in [-0.3, -0.25) is 9.48 Å². The van der Waals surface area contributed by atoms with Crippen molar-refractivity contribution in [3.8, 4) is 17.3 Å². The van der Waals surface area contributed by atoms with Crippen LogP contribution < -0.4 is 10.6 Å². The lowest BCUT2D eigenvalue weighted by Gasteiger charge is -2.31. The highest BCUT2D eigenvalue weighted by atomic mass is 16.4. The molecular weight excluding hydrogens is 372 g/mol. The van der Waals surface area contributed by atoms with Gasteiger partial charge in [-0.15, -0.1) is 0 Å². The Bertz CT molecular complexity index is 923. The summed E-state index contributed by atoms with van der Waals surface area (Å²) in [6, 6.07) is 4.64. The Morgan fingerprint density at radius 3 is 2.59 bits per heavy atom. The number of amides is 2. The zero-order valence-corrected chi connectivity index (χ0v) is 16.4. The molecule has 2 aromatic heterocycles. The molecule has 3 rings (SSSR count). The normalized spacial score (nSPS) is 19.8. The summed E-state index contributed by atoms with van der Waals surface area (Å²) in [5, 5.41) is 27.5. The second-order valence-corrected chi connectivity index (χ2v) is 7.51. The maximum absolute atomic E-state index is 12.8. The van der Waals surface area contributed by atoms with E-state index in [1.54, 1.807) is 30.1 Å². The number of nitriles is 1. The van der Waals surface area contributed by atoms with Crippen molar-refractivity contribution in [3.05, 3.63) is 30.1 Å². The number of aromatic nitrogens is 3. The monoisotopic (exact) mass is 396 g/mol. The molecule has 0 spiro atoms. The average Bonchev–Trinajstić information content (AvgIpc) is 3.08. The molecule has 2 amide bonds. The van der Waals surface area contributed by atoms with Gasteiger partial charge in [0, 0.05) is 18.8 Å². The summed E-state index contributed by atoms with van der Waals surface area (Å²) < 4.78 is 1.59. The molecule has 29 heavy (non-hydrogen) atoms. The van der Waals surface area contributed by atoms with Gasteiger partial charge in [0.05, 0.1) is 17.5 Å². The molecule has 0 radical (unpaired) electrons. The molecule has 0 aliphatic heterocycles. The van der Waals surface area contributed by atoms with Crippen LogP contribution in [0.3, 0.4) is 0 Å². The zero-order chi connectivity index (χ0) is 21.0. The van der Waals surface area contributed by atoms with Gasteiger partial charge in [0.15, 0.2) is 0 Å². The van der Waals surface area contributed by atoms with Crippen LogP contribution in [0.15, 0.2) is 24.5 Å². The first-order chi connectivity index (χ1) is 13.9. The first kappa shape index (κ1) is 20.3. The maximum Gasteiger partial charge on any atom is 0.405 e. The maximum atomic E-state index is 12.8. The van der Waals surface area contributed by atoms with Gasteiger partial charge in [-0.2, -0.15) is 10.4 Å². The molecule has 1 aliphatic carbocycles. The van der Waals surface area contributed by atoms with Gasteiger partial charge in [0.1, 0.15) is 17.9 Å². The molecule has 0 aromatic carbocycles. The van der Waals surface area contributed by atoms with Crippen molar-refractivity contribution < 1.29 is 14.7 Å². The summed E-state index contributed by atoms with van der Waals surface area (Å²) in [5.41, 5.74) is 1.77. The quantitative estimate of drug-likeness (QED) is 0.712. The Balaban J connectivity index is 1.73. The van der Waals surface area contributed by atoms with E-state index < -0.39 is 18.0 Å². The first-order valence-corrected chi connectivity index (χ1v) is 9.58. The predicted octanol–water partition coefficient (Wildman–Crippen LogP) is 2.75. The van der Waals surface area contributed by atoms with E-state index in [4.69, 9.17) is 5.11 Å². The minimum absolute atomic E-state index is 0.0331. The van der Waals surface area contributed by atoms with Crippen molar-refractivity contribution >= 4 is 17.8 Å². The smallest absolute Gasteiger partial charge is 0.405 e. The number of hydrogen-bond acceptors (Lipinski definition) is 5. The van der Waals surface area contributed by atoms with Crippen LogP contribution >= 0.6 is 0 Å². The molecule has 2 heterocycles. The number of aryl methyl sites for hydroxylation is 1. The van der Waals surface area contributed by atoms with E-state index in [1.807, 2.05) is 0 Å². The number of nitrogens with zero attached hydrogens (tertiary/aromatic N) is 4. The standard InChI is InChI=1S/C20H24N6O3/c1-12-3-5-13(6-4-12)17(25-20(28)29)19(27)24-16-8-7-14(10-22-16)18-15(9-21)11-23-26(18)2/h7-8,10-13,17,25H,3-6H2,1-2H3,(H,28,29)(H,22,24,27)/t12?,13?,17-/m0/s1. The number of hydrogen-bond donors (Lipinski definition) is 3. The topological polar surface area (TPSA) is 133 Å². The summed E-state index contributed by atoms with van der Waals surface area (Å²) in [7, 11) is 1.74. The van der Waals surface area contributed by atoms with Gasteiger partial charge >= 0.3 is 6.09 Å². The Labute approximate surface area is 168 Å². The van der Waals surface area contributed by atoms with E-state index in [-0.39, 0.29) is 5.92 Å². The lowest BCUT2D eigenvalue weighted by atomic mass is 9.79. The number of nitrogens with one attached hydrogen (secondary N) is 2. The highest BCUT2D eigenvalue weighted by molar-refractivity contribution is 5.96. The SMILES string of the molecule is CC1CCC([C@H](NC(=O)O)C(=O)Nc2ccc(-c3c(C#N)cnn3C)cn2)CC1. The van der Waals surface area contributed by atoms with Crippen LogP contribution in [0.25, 0.3) is 11.3 Å². The van der Waals surface area contributed by atoms with Gasteiger partial charge in [0.25, 0.3) is 0 Å². The molecule has 9 nitrogen and oxygen atoms in total. The second kappa shape index (κ2) is 8.73. The fourth-order valence-electron chi connectivity index (χ4n) is 3.82. The van der Waals surface area contributed by atoms with Crippen LogP contribution in [0.4, 0.5) is 10.6 Å². The van der Waals surface area contributed by atoms with Gasteiger partial charge in [0.2, 0.25) is 5.91 Å². The van der Waals surface area contributed by atoms with Crippen LogP contribution in [-0.2, 0) is 11.8 Å². The number of carbonyl (C=O) groups is 2. The summed E-state index contributed by atoms with van der Waals surface area (Å²) in [6.45, 7) is 2.17. The third-order valence-electron chi connectivity index (χ3n) is 5.44. The first-order valence-electron chi connectivity index (χ1n) is 9.58. The number of carboxylic acid groups (broad SMARTS) is 1. The fraction of sp³-hybridized carbons (Fsp3) is 0.450. The fourth-order valence-corrected chi connectivity index (χ4v) is 3.82. The van der Waals surface area contributed by atoms with Crippen molar-refractivity contribution in [1.82, 2.24) is 20.1 Å². The Morgan fingerprint density at radius 1 is 1.28 bits per heavy atom. The summed E-state index contributed by atoms with van der Waals surface area (Å²) in [5.74, 6) is 0.472. The van der Waals surface area contributed by atoms with Crippen LogP contribution in [0, 0.1) is 23.2 Å². The molecule has 0 bridgehead atoms. The molecule has 9 heteroatoms. The number of pyridine rings is 1. The molecule has 152 valence electrons. The van der Waals surface area contributed by atoms with Crippen molar-refractivity contribution in [1.29, 1.82) is 5.26 Å². The third-order valence-corrected chi connectivity index (χ3v) is 5.44. The van der Waals surface area contributed by atoms with Crippen molar-refractivity contribution in [2.45, 2.75) is 38.6 Å². The molecular formula is C20H24N6O3. The van der Waals surface area contributed by atoms with Crippen molar-refractivity contribution in [2.24, 2.45) is 18.9 Å². The Kier molecular flexibility index (Phi) is 6.12. The number of anilines is 1.